The molecule has 0 radical (unpaired) electrons. The molecule has 8 nitrogen and oxygen atoms in total. The number of morpholine rings is 1. The lowest BCUT2D eigenvalue weighted by atomic mass is 10.2. The van der Waals surface area contributed by atoms with E-state index < -0.39 is 10.8 Å². The fraction of sp³-hybridized carbons (Fsp3) is 0.526. The van der Waals surface area contributed by atoms with E-state index in [1.165, 1.54) is 0 Å². The van der Waals surface area contributed by atoms with Crippen molar-refractivity contribution in [3.05, 3.63) is 23.1 Å². The van der Waals surface area contributed by atoms with E-state index in [9.17, 15) is 4.21 Å². The molecule has 6 rings (SSSR count). The van der Waals surface area contributed by atoms with Gasteiger partial charge in [0.1, 0.15) is 5.52 Å². The van der Waals surface area contributed by atoms with E-state index >= 15 is 0 Å². The predicted octanol–water partition coefficient (Wildman–Crippen LogP) is 1.97. The van der Waals surface area contributed by atoms with Gasteiger partial charge in [0.2, 0.25) is 11.0 Å². The van der Waals surface area contributed by atoms with Gasteiger partial charge in [-0.15, -0.1) is 0 Å². The third-order valence-electron chi connectivity index (χ3n) is 6.10. The second-order valence-electron chi connectivity index (χ2n) is 7.88. The maximum Gasteiger partial charge on any atom is 0.229 e. The topological polar surface area (TPSA) is 84.6 Å². The van der Waals surface area contributed by atoms with Crippen molar-refractivity contribution in [2.75, 3.05) is 43.5 Å². The van der Waals surface area contributed by atoms with Crippen LogP contribution in [-0.2, 0) is 22.1 Å². The van der Waals surface area contributed by atoms with Crippen LogP contribution in [0.2, 0.25) is 5.28 Å². The Morgan fingerprint density at radius 1 is 1.28 bits per heavy atom. The molecule has 0 saturated carbocycles. The van der Waals surface area contributed by atoms with Crippen LogP contribution in [-0.4, -0.2) is 74.0 Å². The SMILES string of the molecule is O=[S@@]1C[C@@H]2C[C@H]1CN2Cc1cnc2oc3c(N4CCOCC4)nc(Cl)nc3c2c1. The predicted molar refractivity (Wildman–Crippen MR) is 111 cm³/mol. The third-order valence-corrected chi connectivity index (χ3v) is 8.06. The van der Waals surface area contributed by atoms with E-state index in [0.29, 0.717) is 47.1 Å². The van der Waals surface area contributed by atoms with E-state index in [1.807, 2.05) is 6.20 Å². The van der Waals surface area contributed by atoms with Gasteiger partial charge in [-0.1, -0.05) is 0 Å². The summed E-state index contributed by atoms with van der Waals surface area (Å²) in [7, 11) is -0.649. The Morgan fingerprint density at radius 3 is 2.90 bits per heavy atom. The van der Waals surface area contributed by atoms with Crippen molar-refractivity contribution in [2.45, 2.75) is 24.3 Å². The maximum absolute atomic E-state index is 11.9. The molecule has 3 atom stereocenters. The zero-order valence-electron chi connectivity index (χ0n) is 15.7. The van der Waals surface area contributed by atoms with E-state index in [2.05, 4.69) is 30.8 Å². The Kier molecular flexibility index (Phi) is 4.26. The Morgan fingerprint density at radius 2 is 2.14 bits per heavy atom. The molecule has 3 aliphatic heterocycles. The summed E-state index contributed by atoms with van der Waals surface area (Å²) < 4.78 is 23.4. The van der Waals surface area contributed by atoms with E-state index in [0.717, 1.165) is 49.3 Å². The summed E-state index contributed by atoms with van der Waals surface area (Å²) in [5.41, 5.74) is 2.95. The molecule has 10 heteroatoms. The lowest BCUT2D eigenvalue weighted by Crippen LogP contribution is -2.37. The van der Waals surface area contributed by atoms with Crippen molar-refractivity contribution in [1.29, 1.82) is 0 Å². The zero-order chi connectivity index (χ0) is 19.5. The molecule has 0 aliphatic carbocycles. The van der Waals surface area contributed by atoms with Crippen LogP contribution in [0.1, 0.15) is 12.0 Å². The molecule has 0 aromatic carbocycles. The molecule has 3 aliphatic rings. The minimum atomic E-state index is -0.649. The average molecular weight is 434 g/mol. The van der Waals surface area contributed by atoms with Crippen LogP contribution in [0.3, 0.4) is 0 Å². The number of hydrogen-bond acceptors (Lipinski definition) is 8. The number of rotatable bonds is 3. The second-order valence-corrected chi connectivity index (χ2v) is 9.98. The standard InChI is InChI=1S/C19H20ClN5O3S/c20-19-22-15-14-5-11(8-25-9-13-6-12(25)10-29(13)26)7-21-18(14)28-16(15)17(23-19)24-1-3-27-4-2-24/h5,7,12-13H,1-4,6,8-10H2/t12-,13-,29+/m0/s1. The smallest absolute Gasteiger partial charge is 0.229 e. The monoisotopic (exact) mass is 433 g/mol. The Balaban J connectivity index is 1.38. The number of pyridine rings is 1. The fourth-order valence-corrected chi connectivity index (χ4v) is 6.62. The molecule has 0 amide bonds. The van der Waals surface area contributed by atoms with Gasteiger partial charge in [0, 0.05) is 60.2 Å². The summed E-state index contributed by atoms with van der Waals surface area (Å²) in [6.07, 6.45) is 2.90. The number of hydrogen-bond donors (Lipinski definition) is 0. The fourth-order valence-electron chi connectivity index (χ4n) is 4.66. The summed E-state index contributed by atoms with van der Waals surface area (Å²) in [6.45, 7) is 4.46. The molecule has 152 valence electrons. The Labute approximate surface area is 174 Å². The number of nitrogens with zero attached hydrogens (tertiary/aromatic N) is 5. The molecule has 2 bridgehead atoms. The molecule has 3 aromatic rings. The van der Waals surface area contributed by atoms with Crippen LogP contribution >= 0.6 is 11.6 Å². The van der Waals surface area contributed by atoms with E-state index in [-0.39, 0.29) is 5.28 Å². The summed E-state index contributed by atoms with van der Waals surface area (Å²) in [5, 5.41) is 1.38. The van der Waals surface area contributed by atoms with Crippen LogP contribution in [0.4, 0.5) is 5.82 Å². The van der Waals surface area contributed by atoms with Crippen molar-refractivity contribution >= 4 is 50.4 Å². The summed E-state index contributed by atoms with van der Waals surface area (Å²) in [6, 6.07) is 2.51. The highest BCUT2D eigenvalue weighted by molar-refractivity contribution is 7.86. The lowest BCUT2D eigenvalue weighted by Gasteiger charge is -2.27. The van der Waals surface area contributed by atoms with Crippen molar-refractivity contribution in [3.63, 3.8) is 0 Å². The van der Waals surface area contributed by atoms with Gasteiger partial charge < -0.3 is 14.1 Å². The van der Waals surface area contributed by atoms with Crippen molar-refractivity contribution in [3.8, 4) is 0 Å². The van der Waals surface area contributed by atoms with Crippen LogP contribution in [0.5, 0.6) is 0 Å². The minimum Gasteiger partial charge on any atom is -0.432 e. The molecular formula is C19H20ClN5O3S. The largest absolute Gasteiger partial charge is 0.432 e. The van der Waals surface area contributed by atoms with Gasteiger partial charge in [-0.25, -0.2) is 9.97 Å². The van der Waals surface area contributed by atoms with E-state index in [4.69, 9.17) is 20.8 Å². The number of fused-ring (bicyclic) bond motifs is 5. The quantitative estimate of drug-likeness (QED) is 0.579. The third kappa shape index (κ3) is 3.02. The Hall–Kier alpha value is -1.81. The molecule has 0 unspecified atom stereocenters. The normalized spacial score (nSPS) is 27.5. The number of halogens is 1. The van der Waals surface area contributed by atoms with Gasteiger partial charge in [0.05, 0.1) is 18.6 Å². The molecular weight excluding hydrogens is 414 g/mol. The first-order valence-corrected chi connectivity index (χ1v) is 11.6. The van der Waals surface area contributed by atoms with Crippen LogP contribution < -0.4 is 4.90 Å². The molecule has 3 aromatic heterocycles. The highest BCUT2D eigenvalue weighted by Crippen LogP contribution is 2.35. The van der Waals surface area contributed by atoms with Gasteiger partial charge in [-0.05, 0) is 29.7 Å². The number of anilines is 1. The van der Waals surface area contributed by atoms with Gasteiger partial charge in [-0.2, -0.15) is 4.98 Å². The number of likely N-dealkylation sites (tertiary alicyclic amines) is 1. The molecule has 3 saturated heterocycles. The minimum absolute atomic E-state index is 0.200. The van der Waals surface area contributed by atoms with Gasteiger partial charge >= 0.3 is 0 Å². The second kappa shape index (κ2) is 6.87. The summed E-state index contributed by atoms with van der Waals surface area (Å²) >= 11 is 6.25. The van der Waals surface area contributed by atoms with Gasteiger partial charge in [-0.3, -0.25) is 9.11 Å². The first-order chi connectivity index (χ1) is 14.2. The Bertz CT molecular complexity index is 1130. The summed E-state index contributed by atoms with van der Waals surface area (Å²) in [5.74, 6) is 1.49. The van der Waals surface area contributed by atoms with Crippen molar-refractivity contribution < 1.29 is 13.4 Å². The first kappa shape index (κ1) is 18.0. The number of aromatic nitrogens is 3. The zero-order valence-corrected chi connectivity index (χ0v) is 17.3. The molecule has 6 heterocycles. The highest BCUT2D eigenvalue weighted by Gasteiger charge is 2.42. The van der Waals surface area contributed by atoms with Crippen molar-refractivity contribution in [1.82, 2.24) is 19.9 Å². The summed E-state index contributed by atoms with van der Waals surface area (Å²) in [4.78, 5) is 17.9. The maximum atomic E-state index is 11.9. The first-order valence-electron chi connectivity index (χ1n) is 9.84. The molecule has 29 heavy (non-hydrogen) atoms. The molecule has 3 fully saturated rings. The van der Waals surface area contributed by atoms with Crippen LogP contribution in [0, 0.1) is 0 Å². The van der Waals surface area contributed by atoms with Crippen LogP contribution in [0.15, 0.2) is 16.7 Å². The van der Waals surface area contributed by atoms with Crippen LogP contribution in [0.25, 0.3) is 22.2 Å². The van der Waals surface area contributed by atoms with Crippen molar-refractivity contribution in [2.24, 2.45) is 0 Å². The number of ether oxygens (including phenoxy) is 1. The molecule has 0 spiro atoms. The van der Waals surface area contributed by atoms with Gasteiger partial charge in [0.15, 0.2) is 11.4 Å². The lowest BCUT2D eigenvalue weighted by molar-refractivity contribution is 0.122. The number of furan rings is 1. The van der Waals surface area contributed by atoms with Gasteiger partial charge in [0.25, 0.3) is 0 Å². The van der Waals surface area contributed by atoms with E-state index in [1.54, 1.807) is 0 Å². The highest BCUT2D eigenvalue weighted by atomic mass is 35.5. The molecule has 0 N–H and O–H groups in total. The average Bonchev–Trinajstić information content (AvgIpc) is 3.40.